The Balaban J connectivity index is 2.78. The molecule has 2 heteroatoms. The van der Waals surface area contributed by atoms with Gasteiger partial charge < -0.3 is 4.84 Å². The quantitative estimate of drug-likeness (QED) is 0.396. The van der Waals surface area contributed by atoms with Gasteiger partial charge in [0.05, 0.1) is 5.71 Å². The third kappa shape index (κ3) is 3.05. The maximum absolute atomic E-state index is 4.81. The Kier molecular flexibility index (Phi) is 4.48. The van der Waals surface area contributed by atoms with Crippen LogP contribution in [0.3, 0.4) is 0 Å². The molecule has 0 aliphatic heterocycles. The Labute approximate surface area is 84.9 Å². The van der Waals surface area contributed by atoms with Gasteiger partial charge in [-0.1, -0.05) is 41.6 Å². The van der Waals surface area contributed by atoms with E-state index in [1.165, 1.54) is 0 Å². The second-order valence-electron chi connectivity index (χ2n) is 2.91. The third-order valence-electron chi connectivity index (χ3n) is 1.89. The van der Waals surface area contributed by atoms with Crippen LogP contribution in [0.5, 0.6) is 0 Å². The number of nitrogens with zero attached hydrogens (tertiary/aromatic N) is 1. The first-order chi connectivity index (χ1) is 6.88. The zero-order valence-corrected chi connectivity index (χ0v) is 8.44. The molecular formula is C12H15NO. The molecule has 0 aromatic heterocycles. The van der Waals surface area contributed by atoms with Crippen molar-refractivity contribution in [2.75, 3.05) is 7.11 Å². The van der Waals surface area contributed by atoms with Gasteiger partial charge in [-0.15, -0.1) is 6.58 Å². The smallest absolute Gasteiger partial charge is 0.106 e. The maximum Gasteiger partial charge on any atom is 0.106 e. The Hall–Kier alpha value is -1.57. The Morgan fingerprint density at radius 1 is 1.43 bits per heavy atom. The fourth-order valence-electron chi connectivity index (χ4n) is 1.22. The van der Waals surface area contributed by atoms with E-state index in [1.54, 1.807) is 7.11 Å². The molecule has 0 atom stereocenters. The highest BCUT2D eigenvalue weighted by molar-refractivity contribution is 6.00. The lowest BCUT2D eigenvalue weighted by molar-refractivity contribution is 0.213. The van der Waals surface area contributed by atoms with Gasteiger partial charge in [0, 0.05) is 0 Å². The van der Waals surface area contributed by atoms with Gasteiger partial charge in [-0.25, -0.2) is 0 Å². The molecule has 0 fully saturated rings. The number of hydrogen-bond acceptors (Lipinski definition) is 2. The molecule has 0 unspecified atom stereocenters. The summed E-state index contributed by atoms with van der Waals surface area (Å²) in [5.74, 6) is 0. The van der Waals surface area contributed by atoms with Crippen LogP contribution in [0, 0.1) is 0 Å². The highest BCUT2D eigenvalue weighted by Crippen LogP contribution is 2.07. The van der Waals surface area contributed by atoms with Crippen molar-refractivity contribution < 1.29 is 4.84 Å². The van der Waals surface area contributed by atoms with Gasteiger partial charge >= 0.3 is 0 Å². The summed E-state index contributed by atoms with van der Waals surface area (Å²) < 4.78 is 0. The lowest BCUT2D eigenvalue weighted by Gasteiger charge is -2.03. The molecular weight excluding hydrogens is 174 g/mol. The topological polar surface area (TPSA) is 21.6 Å². The van der Waals surface area contributed by atoms with Crippen LogP contribution in [0.2, 0.25) is 0 Å². The molecule has 1 aromatic rings. The van der Waals surface area contributed by atoms with Crippen LogP contribution in [0.15, 0.2) is 48.1 Å². The van der Waals surface area contributed by atoms with Crippen molar-refractivity contribution in [3.8, 4) is 0 Å². The van der Waals surface area contributed by atoms with E-state index >= 15 is 0 Å². The molecule has 2 nitrogen and oxygen atoms in total. The third-order valence-corrected chi connectivity index (χ3v) is 1.89. The minimum atomic E-state index is 0.862. The molecule has 0 saturated heterocycles. The van der Waals surface area contributed by atoms with E-state index in [0.29, 0.717) is 0 Å². The minimum absolute atomic E-state index is 0.862. The van der Waals surface area contributed by atoms with Gasteiger partial charge in [0.1, 0.15) is 7.11 Å². The lowest BCUT2D eigenvalue weighted by atomic mass is 10.1. The number of allylic oxidation sites excluding steroid dienone is 1. The van der Waals surface area contributed by atoms with Gasteiger partial charge in [-0.3, -0.25) is 0 Å². The van der Waals surface area contributed by atoms with Gasteiger partial charge in [-0.05, 0) is 18.4 Å². The first-order valence-electron chi connectivity index (χ1n) is 4.65. The van der Waals surface area contributed by atoms with Gasteiger partial charge in [0.25, 0.3) is 0 Å². The van der Waals surface area contributed by atoms with Crippen LogP contribution in [-0.2, 0) is 4.84 Å². The summed E-state index contributed by atoms with van der Waals surface area (Å²) in [4.78, 5) is 4.81. The van der Waals surface area contributed by atoms with Crippen molar-refractivity contribution in [1.82, 2.24) is 0 Å². The average Bonchev–Trinajstić information content (AvgIpc) is 2.25. The molecule has 0 heterocycles. The molecule has 0 amide bonds. The van der Waals surface area contributed by atoms with Crippen LogP contribution >= 0.6 is 0 Å². The second kappa shape index (κ2) is 5.97. The highest BCUT2D eigenvalue weighted by Gasteiger charge is 2.01. The first kappa shape index (κ1) is 10.5. The number of hydrogen-bond donors (Lipinski definition) is 0. The van der Waals surface area contributed by atoms with Crippen molar-refractivity contribution in [2.45, 2.75) is 12.8 Å². The zero-order chi connectivity index (χ0) is 10.2. The van der Waals surface area contributed by atoms with E-state index in [1.807, 2.05) is 36.4 Å². The predicted octanol–water partition coefficient (Wildman–Crippen LogP) is 3.00. The van der Waals surface area contributed by atoms with Crippen LogP contribution in [-0.4, -0.2) is 12.8 Å². The molecule has 0 saturated carbocycles. The number of benzene rings is 1. The van der Waals surface area contributed by atoms with Crippen molar-refractivity contribution in [3.05, 3.63) is 48.6 Å². The SMILES string of the molecule is C=CCC/C(=N\OC)c1ccccc1. The van der Waals surface area contributed by atoms with Crippen molar-refractivity contribution in [1.29, 1.82) is 0 Å². The summed E-state index contributed by atoms with van der Waals surface area (Å²) >= 11 is 0. The largest absolute Gasteiger partial charge is 0.399 e. The summed E-state index contributed by atoms with van der Waals surface area (Å²) in [6.45, 7) is 3.69. The Morgan fingerprint density at radius 2 is 2.14 bits per heavy atom. The van der Waals surface area contributed by atoms with Crippen molar-refractivity contribution in [3.63, 3.8) is 0 Å². The predicted molar refractivity (Wildman–Crippen MR) is 59.4 cm³/mol. The Bertz CT molecular complexity index is 303. The van der Waals surface area contributed by atoms with Crippen LogP contribution in [0.4, 0.5) is 0 Å². The fourth-order valence-corrected chi connectivity index (χ4v) is 1.22. The van der Waals surface area contributed by atoms with E-state index in [2.05, 4.69) is 11.7 Å². The summed E-state index contributed by atoms with van der Waals surface area (Å²) in [6, 6.07) is 10.0. The van der Waals surface area contributed by atoms with E-state index in [-0.39, 0.29) is 0 Å². The average molecular weight is 189 g/mol. The molecule has 0 spiro atoms. The molecule has 0 radical (unpaired) electrons. The summed E-state index contributed by atoms with van der Waals surface area (Å²) in [5, 5.41) is 4.00. The molecule has 0 N–H and O–H groups in total. The normalized spacial score (nSPS) is 11.1. The van der Waals surface area contributed by atoms with Gasteiger partial charge in [-0.2, -0.15) is 0 Å². The van der Waals surface area contributed by atoms with E-state index in [9.17, 15) is 0 Å². The first-order valence-corrected chi connectivity index (χ1v) is 4.65. The Morgan fingerprint density at radius 3 is 2.71 bits per heavy atom. The zero-order valence-electron chi connectivity index (χ0n) is 8.44. The van der Waals surface area contributed by atoms with E-state index in [4.69, 9.17) is 4.84 Å². The maximum atomic E-state index is 4.81. The van der Waals surface area contributed by atoms with E-state index < -0.39 is 0 Å². The molecule has 1 rings (SSSR count). The molecule has 74 valence electrons. The van der Waals surface area contributed by atoms with E-state index in [0.717, 1.165) is 24.1 Å². The summed E-state index contributed by atoms with van der Waals surface area (Å²) in [6.07, 6.45) is 3.66. The molecule has 1 aromatic carbocycles. The fraction of sp³-hybridized carbons (Fsp3) is 0.250. The van der Waals surface area contributed by atoms with Crippen LogP contribution < -0.4 is 0 Å². The molecule has 0 bridgehead atoms. The second-order valence-corrected chi connectivity index (χ2v) is 2.91. The lowest BCUT2D eigenvalue weighted by Crippen LogP contribution is -2.00. The molecule has 14 heavy (non-hydrogen) atoms. The molecule has 0 aliphatic rings. The standard InChI is InChI=1S/C12H15NO/c1-3-4-10-12(13-14-2)11-8-6-5-7-9-11/h3,5-9H,1,4,10H2,2H3/b13-12+. The number of oxime groups is 1. The van der Waals surface area contributed by atoms with Crippen LogP contribution in [0.1, 0.15) is 18.4 Å². The number of rotatable bonds is 5. The van der Waals surface area contributed by atoms with Crippen LogP contribution in [0.25, 0.3) is 0 Å². The summed E-state index contributed by atoms with van der Waals surface area (Å²) in [5.41, 5.74) is 2.07. The monoisotopic (exact) mass is 189 g/mol. The summed E-state index contributed by atoms with van der Waals surface area (Å²) in [7, 11) is 1.57. The van der Waals surface area contributed by atoms with Crippen molar-refractivity contribution in [2.24, 2.45) is 5.16 Å². The minimum Gasteiger partial charge on any atom is -0.399 e. The van der Waals surface area contributed by atoms with Crippen molar-refractivity contribution >= 4 is 5.71 Å². The van der Waals surface area contributed by atoms with Gasteiger partial charge in [0.2, 0.25) is 0 Å². The molecule has 0 aliphatic carbocycles. The highest BCUT2D eigenvalue weighted by atomic mass is 16.6. The van der Waals surface area contributed by atoms with Gasteiger partial charge in [0.15, 0.2) is 0 Å².